The SMILES string of the molecule is CC.CC1(C)CC(CNCC(O)C2CCc3cc4[nH]ccc4cc3O2)C(C)(C)N1O.OC(CNC1CCN(O)CC1)C1CCc2cc3[nH]ccc3cc2O1. The average molecular weight is 749 g/mol. The van der Waals surface area contributed by atoms with Gasteiger partial charge in [-0.05, 0) is 133 Å². The maximum atomic E-state index is 10.7. The summed E-state index contributed by atoms with van der Waals surface area (Å²) in [6.07, 6.45) is 8.64. The molecule has 0 aliphatic carbocycles. The Balaban J connectivity index is 0.000000178. The van der Waals surface area contributed by atoms with Crippen molar-refractivity contribution in [3.05, 3.63) is 59.9 Å². The van der Waals surface area contributed by atoms with Gasteiger partial charge in [0, 0.05) is 77.5 Å². The van der Waals surface area contributed by atoms with E-state index >= 15 is 0 Å². The number of aromatic nitrogens is 2. The zero-order valence-electron chi connectivity index (χ0n) is 33.1. The zero-order valence-corrected chi connectivity index (χ0v) is 33.1. The Morgan fingerprint density at radius 2 is 1.30 bits per heavy atom. The first-order chi connectivity index (χ1) is 25.9. The predicted molar refractivity (Wildman–Crippen MR) is 213 cm³/mol. The molecule has 0 bridgehead atoms. The van der Waals surface area contributed by atoms with Gasteiger partial charge in [0.05, 0.1) is 0 Å². The van der Waals surface area contributed by atoms with E-state index in [9.17, 15) is 20.6 Å². The quantitative estimate of drug-likeness (QED) is 0.106. The normalized spacial score (nSPS) is 25.0. The molecule has 12 nitrogen and oxygen atoms in total. The standard InChI is InChI=1S/C22H33N3O3.C18H25N3O3.C2H6/c1-21(2)11-16(22(3,4)25(21)27)12-23-13-18(26)19-6-5-15-9-17-14(7-8-24-17)10-20(15)28-19;22-16(11-20-14-4-7-21(23)8-5-14)17-2-1-13-9-15-12(3-6-19-15)10-18(13)24-17;1-2/h7-10,16,18-19,23-24,26-27H,5-6,11-13H2,1-4H3;3,6,9-10,14,16-17,19-20,22-23H,1-2,4-5,7-8,11H2;1-2H3. The van der Waals surface area contributed by atoms with E-state index in [1.165, 1.54) is 21.3 Å². The van der Waals surface area contributed by atoms with Gasteiger partial charge in [0.2, 0.25) is 0 Å². The molecule has 4 aliphatic rings. The molecule has 0 radical (unpaired) electrons. The summed E-state index contributed by atoms with van der Waals surface area (Å²) < 4.78 is 12.2. The van der Waals surface area contributed by atoms with Gasteiger partial charge in [-0.25, -0.2) is 0 Å². The molecule has 6 heterocycles. The number of piperidine rings is 1. The van der Waals surface area contributed by atoms with Gasteiger partial charge in [0.25, 0.3) is 0 Å². The Morgan fingerprint density at radius 1 is 0.778 bits per heavy atom. The summed E-state index contributed by atoms with van der Waals surface area (Å²) in [4.78, 5) is 6.46. The Bertz CT molecular complexity index is 1800. The number of fused-ring (bicyclic) bond motifs is 4. The fourth-order valence-electron chi connectivity index (χ4n) is 8.68. The van der Waals surface area contributed by atoms with Crippen LogP contribution < -0.4 is 20.1 Å². The lowest BCUT2D eigenvalue weighted by Gasteiger charge is -2.36. The summed E-state index contributed by atoms with van der Waals surface area (Å²) >= 11 is 0. The first-order valence-electron chi connectivity index (χ1n) is 20.1. The number of hydrogen-bond donors (Lipinski definition) is 8. The summed E-state index contributed by atoms with van der Waals surface area (Å²) in [5.74, 6) is 2.09. The minimum Gasteiger partial charge on any atom is -0.487 e. The topological polar surface area (TPSA) is 161 Å². The Kier molecular flexibility index (Phi) is 13.0. The minimum absolute atomic E-state index is 0.167. The number of aliphatic hydroxyl groups excluding tert-OH is 2. The van der Waals surface area contributed by atoms with Crippen LogP contribution in [0.2, 0.25) is 0 Å². The van der Waals surface area contributed by atoms with Crippen molar-refractivity contribution < 1.29 is 30.1 Å². The largest absolute Gasteiger partial charge is 0.487 e. The van der Waals surface area contributed by atoms with E-state index in [0.717, 1.165) is 84.8 Å². The van der Waals surface area contributed by atoms with Crippen LogP contribution in [0.3, 0.4) is 0 Å². The molecule has 2 fully saturated rings. The van der Waals surface area contributed by atoms with Crippen molar-refractivity contribution in [1.29, 1.82) is 0 Å². The second kappa shape index (κ2) is 17.3. The minimum atomic E-state index is -0.558. The third-order valence-corrected chi connectivity index (χ3v) is 12.0. The smallest absolute Gasteiger partial charge is 0.126 e. The summed E-state index contributed by atoms with van der Waals surface area (Å²) in [6.45, 7) is 15.4. The lowest BCUT2D eigenvalue weighted by atomic mass is 9.87. The number of aromatic amines is 2. The highest BCUT2D eigenvalue weighted by molar-refractivity contribution is 5.83. The van der Waals surface area contributed by atoms with Gasteiger partial charge in [-0.2, -0.15) is 10.1 Å². The molecule has 4 aromatic rings. The van der Waals surface area contributed by atoms with Crippen molar-refractivity contribution in [1.82, 2.24) is 30.7 Å². The third kappa shape index (κ3) is 9.08. The first-order valence-corrected chi connectivity index (χ1v) is 20.1. The number of aryl methyl sites for hydroxylation is 2. The van der Waals surface area contributed by atoms with Gasteiger partial charge in [0.15, 0.2) is 0 Å². The molecule has 8 rings (SSSR count). The van der Waals surface area contributed by atoms with E-state index in [1.54, 1.807) is 0 Å². The molecule has 4 aliphatic heterocycles. The summed E-state index contributed by atoms with van der Waals surface area (Å²) in [6, 6.07) is 12.9. The van der Waals surface area contributed by atoms with Crippen molar-refractivity contribution in [2.75, 3.05) is 32.7 Å². The average Bonchev–Trinajstić information content (AvgIpc) is 3.87. The lowest BCUT2D eigenvalue weighted by molar-refractivity contribution is -0.196. The summed E-state index contributed by atoms with van der Waals surface area (Å²) in [7, 11) is 0. The molecule has 12 heteroatoms. The number of aliphatic hydroxyl groups is 2. The lowest BCUT2D eigenvalue weighted by Crippen LogP contribution is -2.49. The molecule has 0 spiro atoms. The van der Waals surface area contributed by atoms with Gasteiger partial charge in [0.1, 0.15) is 35.9 Å². The molecule has 5 unspecified atom stereocenters. The van der Waals surface area contributed by atoms with Crippen LogP contribution in [-0.4, -0.2) is 115 Å². The van der Waals surface area contributed by atoms with Crippen molar-refractivity contribution in [3.63, 3.8) is 0 Å². The number of nitrogens with one attached hydrogen (secondary N) is 4. The van der Waals surface area contributed by atoms with Crippen LogP contribution in [0.15, 0.2) is 48.8 Å². The molecule has 8 N–H and O–H groups in total. The molecule has 0 amide bonds. The highest BCUT2D eigenvalue weighted by atomic mass is 16.5. The Hall–Kier alpha value is -3.20. The van der Waals surface area contributed by atoms with E-state index in [-0.39, 0.29) is 23.3 Å². The molecular weight excluding hydrogens is 684 g/mol. The second-order valence-electron chi connectivity index (χ2n) is 16.5. The van der Waals surface area contributed by atoms with Gasteiger partial charge >= 0.3 is 0 Å². The molecular formula is C42H64N6O6. The van der Waals surface area contributed by atoms with E-state index in [4.69, 9.17) is 9.47 Å². The zero-order chi connectivity index (χ0) is 38.6. The van der Waals surface area contributed by atoms with Crippen LogP contribution in [0.1, 0.15) is 84.8 Å². The number of hydroxylamine groups is 4. The fraction of sp³-hybridized carbons (Fsp3) is 0.619. The van der Waals surface area contributed by atoms with Crippen LogP contribution in [0.4, 0.5) is 0 Å². The molecule has 2 saturated heterocycles. The number of ether oxygens (including phenoxy) is 2. The van der Waals surface area contributed by atoms with Crippen LogP contribution in [0, 0.1) is 5.92 Å². The summed E-state index contributed by atoms with van der Waals surface area (Å²) in [5.41, 5.74) is 4.15. The molecule has 298 valence electrons. The van der Waals surface area contributed by atoms with Gasteiger partial charge in [-0.15, -0.1) is 0 Å². The number of H-pyrrole nitrogens is 2. The molecule has 54 heavy (non-hydrogen) atoms. The van der Waals surface area contributed by atoms with Crippen LogP contribution in [-0.2, 0) is 12.8 Å². The van der Waals surface area contributed by atoms with Gasteiger partial charge in [-0.1, -0.05) is 13.8 Å². The molecule has 2 aromatic carbocycles. The van der Waals surface area contributed by atoms with Crippen molar-refractivity contribution >= 4 is 21.8 Å². The van der Waals surface area contributed by atoms with E-state index in [0.29, 0.717) is 38.1 Å². The maximum absolute atomic E-state index is 10.7. The Morgan fingerprint density at radius 3 is 1.80 bits per heavy atom. The maximum Gasteiger partial charge on any atom is 0.126 e. The fourth-order valence-corrected chi connectivity index (χ4v) is 8.68. The van der Waals surface area contributed by atoms with Crippen LogP contribution >= 0.6 is 0 Å². The predicted octanol–water partition coefficient (Wildman–Crippen LogP) is 5.77. The van der Waals surface area contributed by atoms with Crippen LogP contribution in [0.25, 0.3) is 21.8 Å². The van der Waals surface area contributed by atoms with E-state index in [2.05, 4.69) is 72.6 Å². The number of benzene rings is 2. The number of rotatable bonds is 9. The monoisotopic (exact) mass is 748 g/mol. The third-order valence-electron chi connectivity index (χ3n) is 12.0. The van der Waals surface area contributed by atoms with Crippen LogP contribution in [0.5, 0.6) is 11.5 Å². The van der Waals surface area contributed by atoms with Crippen molar-refractivity contribution in [2.45, 2.75) is 128 Å². The summed E-state index contributed by atoms with van der Waals surface area (Å²) in [5, 5.41) is 53.0. The molecule has 2 aromatic heterocycles. The first kappa shape index (κ1) is 40.5. The highest BCUT2D eigenvalue weighted by Gasteiger charge is 2.50. The Labute approximate surface area is 320 Å². The van der Waals surface area contributed by atoms with Crippen molar-refractivity contribution in [3.8, 4) is 11.5 Å². The van der Waals surface area contributed by atoms with Gasteiger partial charge < -0.3 is 50.7 Å². The van der Waals surface area contributed by atoms with E-state index in [1.807, 2.05) is 38.4 Å². The second-order valence-corrected chi connectivity index (χ2v) is 16.5. The number of nitrogens with zero attached hydrogens (tertiary/aromatic N) is 2. The highest BCUT2D eigenvalue weighted by Crippen LogP contribution is 2.43. The van der Waals surface area contributed by atoms with Gasteiger partial charge in [-0.3, -0.25) is 0 Å². The van der Waals surface area contributed by atoms with Crippen molar-refractivity contribution in [2.24, 2.45) is 5.92 Å². The molecule has 5 atom stereocenters. The molecule has 0 saturated carbocycles. The number of hydrogen-bond acceptors (Lipinski definition) is 10. The van der Waals surface area contributed by atoms with E-state index < -0.39 is 12.2 Å².